The Hall–Kier alpha value is -1.02. The summed E-state index contributed by atoms with van der Waals surface area (Å²) in [6.07, 6.45) is 84.4. The molecule has 1 amide bonds. The maximum Gasteiger partial charge on any atom is 0.472 e. The van der Waals surface area contributed by atoms with Crippen LogP contribution in [-0.4, -0.2) is 73.4 Å². The van der Waals surface area contributed by atoms with Crippen LogP contribution in [0.1, 0.15) is 386 Å². The number of likely N-dealkylation sites (N-methyl/N-ethyl adjacent to an activating group) is 1. The minimum absolute atomic E-state index is 0.0773. The highest BCUT2D eigenvalue weighted by Gasteiger charge is 2.28. The van der Waals surface area contributed by atoms with Crippen molar-refractivity contribution in [2.75, 3.05) is 40.9 Å². The zero-order valence-corrected chi connectivity index (χ0v) is 56.9. The number of amides is 1. The van der Waals surface area contributed by atoms with Crippen molar-refractivity contribution in [3.63, 3.8) is 0 Å². The van der Waals surface area contributed by atoms with Crippen LogP contribution in [0.5, 0.6) is 0 Å². The summed E-state index contributed by atoms with van der Waals surface area (Å²) in [5.74, 6) is -0.136. The number of aliphatic hydroxyl groups excluding tert-OH is 1. The van der Waals surface area contributed by atoms with Crippen LogP contribution in [0.2, 0.25) is 0 Å². The average molecular weight is 1180 g/mol. The van der Waals surface area contributed by atoms with Crippen LogP contribution < -0.4 is 5.32 Å². The molecule has 9 heteroatoms. The molecule has 0 saturated carbocycles. The lowest BCUT2D eigenvalue weighted by atomic mass is 10.0. The van der Waals surface area contributed by atoms with Crippen LogP contribution >= 0.6 is 7.82 Å². The van der Waals surface area contributed by atoms with E-state index >= 15 is 0 Å². The van der Waals surface area contributed by atoms with Crippen molar-refractivity contribution in [1.82, 2.24) is 5.32 Å². The number of carbonyl (C=O) groups excluding carboxylic acids is 1. The van der Waals surface area contributed by atoms with Crippen molar-refractivity contribution in [3.8, 4) is 0 Å². The summed E-state index contributed by atoms with van der Waals surface area (Å²) in [6, 6.07) is -0.760. The topological polar surface area (TPSA) is 105 Å². The Labute approximate surface area is 513 Å². The lowest BCUT2D eigenvalue weighted by Crippen LogP contribution is -2.46. The highest BCUT2D eigenvalue weighted by Crippen LogP contribution is 2.43. The van der Waals surface area contributed by atoms with E-state index in [1.807, 2.05) is 21.1 Å². The fourth-order valence-corrected chi connectivity index (χ4v) is 12.2. The number of nitrogens with zero attached hydrogens (tertiary/aromatic N) is 1. The Morgan fingerprint density at radius 3 is 1.00 bits per heavy atom. The van der Waals surface area contributed by atoms with Crippen LogP contribution in [-0.2, 0) is 18.4 Å². The van der Waals surface area contributed by atoms with Gasteiger partial charge < -0.3 is 19.8 Å². The predicted molar refractivity (Wildman–Crippen MR) is 360 cm³/mol. The second-order valence-corrected chi connectivity index (χ2v) is 28.1. The van der Waals surface area contributed by atoms with Gasteiger partial charge >= 0.3 is 7.82 Å². The Morgan fingerprint density at radius 1 is 0.415 bits per heavy atom. The number of carbonyl (C=O) groups is 1. The standard InChI is InChI=1S/C73H145N2O6P/c1-6-8-10-12-14-16-18-20-22-24-26-28-30-32-33-34-35-36-37-38-39-40-41-43-45-47-49-51-53-55-57-59-61-63-65-67-73(77)74-71(70-81-82(78,79)80-69-68-75(3,4)5)72(76)66-64-62-60-58-56-54-52-50-48-46-44-42-31-29-27-25-23-21-19-17-15-13-11-9-7-2/h30,32,34-35,71-72,76H,6-29,31,33,36-70H2,1-5H3,(H-,74,77,78,79)/p+1/b32-30-,35-34-. The highest BCUT2D eigenvalue weighted by molar-refractivity contribution is 7.47. The predicted octanol–water partition coefficient (Wildman–Crippen LogP) is 23.4. The SMILES string of the molecule is CCCCCCCCCCCCC/C=C\C/C=C\CCCCCCCCCCCCCCCCCCCC(=O)NC(COP(=O)(O)OCC[N+](C)(C)C)C(O)CCCCCCCCCCCCCCCCCCCCCCCCCCC. The third kappa shape index (κ3) is 66.5. The first-order valence-electron chi connectivity index (χ1n) is 36.7. The number of hydrogen-bond donors (Lipinski definition) is 3. The van der Waals surface area contributed by atoms with Crippen molar-refractivity contribution >= 4 is 13.7 Å². The second kappa shape index (κ2) is 64.5. The molecule has 3 N–H and O–H groups in total. The fraction of sp³-hybridized carbons (Fsp3) is 0.932. The average Bonchev–Trinajstić information content (AvgIpc) is 3.45. The summed E-state index contributed by atoms with van der Waals surface area (Å²) < 4.78 is 23.9. The molecule has 0 aromatic heterocycles. The molecule has 0 aliphatic carbocycles. The molecule has 0 heterocycles. The Morgan fingerprint density at radius 2 is 0.695 bits per heavy atom. The van der Waals surface area contributed by atoms with Gasteiger partial charge in [0.05, 0.1) is 39.9 Å². The largest absolute Gasteiger partial charge is 0.472 e. The number of phosphoric ester groups is 1. The molecule has 0 bridgehead atoms. The zero-order valence-electron chi connectivity index (χ0n) is 56.0. The number of aliphatic hydroxyl groups is 1. The van der Waals surface area contributed by atoms with Gasteiger partial charge in [0.2, 0.25) is 5.91 Å². The molecule has 0 aliphatic heterocycles. The van der Waals surface area contributed by atoms with Crippen molar-refractivity contribution in [2.24, 2.45) is 0 Å². The van der Waals surface area contributed by atoms with Gasteiger partial charge in [-0.1, -0.05) is 359 Å². The van der Waals surface area contributed by atoms with Crippen molar-refractivity contribution in [1.29, 1.82) is 0 Å². The highest BCUT2D eigenvalue weighted by atomic mass is 31.2. The number of quaternary nitrogens is 1. The number of hydrogen-bond acceptors (Lipinski definition) is 5. The van der Waals surface area contributed by atoms with E-state index in [4.69, 9.17) is 9.05 Å². The first-order valence-corrected chi connectivity index (χ1v) is 38.2. The molecule has 0 aromatic rings. The Bertz CT molecular complexity index is 1390. The molecule has 3 unspecified atom stereocenters. The smallest absolute Gasteiger partial charge is 0.391 e. The Kier molecular flexibility index (Phi) is 63.7. The van der Waals surface area contributed by atoms with E-state index in [9.17, 15) is 19.4 Å². The van der Waals surface area contributed by atoms with Crippen molar-refractivity contribution in [3.05, 3.63) is 24.3 Å². The van der Waals surface area contributed by atoms with Gasteiger partial charge in [0, 0.05) is 6.42 Å². The second-order valence-electron chi connectivity index (χ2n) is 26.7. The third-order valence-electron chi connectivity index (χ3n) is 17.2. The zero-order chi connectivity index (χ0) is 59.8. The monoisotopic (exact) mass is 1180 g/mol. The van der Waals surface area contributed by atoms with E-state index in [-0.39, 0.29) is 19.1 Å². The number of nitrogens with one attached hydrogen (secondary N) is 1. The summed E-state index contributed by atoms with van der Waals surface area (Å²) in [4.78, 5) is 23.5. The normalized spacial score (nSPS) is 13.7. The van der Waals surface area contributed by atoms with Crippen molar-refractivity contribution in [2.45, 2.75) is 398 Å². The van der Waals surface area contributed by atoms with E-state index < -0.39 is 20.0 Å². The van der Waals surface area contributed by atoms with Gasteiger partial charge in [0.1, 0.15) is 13.2 Å². The van der Waals surface area contributed by atoms with E-state index in [0.717, 1.165) is 44.9 Å². The molecular weight excluding hydrogens is 1030 g/mol. The number of allylic oxidation sites excluding steroid dienone is 4. The molecule has 0 aliphatic rings. The third-order valence-corrected chi connectivity index (χ3v) is 18.2. The molecule has 0 aromatic carbocycles. The molecule has 0 saturated heterocycles. The van der Waals surface area contributed by atoms with Gasteiger partial charge in [0.15, 0.2) is 0 Å². The van der Waals surface area contributed by atoms with Crippen LogP contribution in [0.4, 0.5) is 0 Å². The minimum Gasteiger partial charge on any atom is -0.391 e. The van der Waals surface area contributed by atoms with E-state index in [1.54, 1.807) is 0 Å². The summed E-state index contributed by atoms with van der Waals surface area (Å²) in [6.45, 7) is 4.96. The summed E-state index contributed by atoms with van der Waals surface area (Å²) in [5.41, 5.74) is 0. The van der Waals surface area contributed by atoms with Gasteiger partial charge in [-0.05, 0) is 44.9 Å². The number of unbranched alkanes of at least 4 members (excludes halogenated alkanes) is 52. The Balaban J connectivity index is 3.96. The van der Waals surface area contributed by atoms with Gasteiger partial charge in [-0.2, -0.15) is 0 Å². The summed E-state index contributed by atoms with van der Waals surface area (Å²) >= 11 is 0. The van der Waals surface area contributed by atoms with Gasteiger partial charge in [-0.3, -0.25) is 13.8 Å². The van der Waals surface area contributed by atoms with Gasteiger partial charge in [-0.25, -0.2) is 4.57 Å². The van der Waals surface area contributed by atoms with Crippen LogP contribution in [0.3, 0.4) is 0 Å². The van der Waals surface area contributed by atoms with Gasteiger partial charge in [-0.15, -0.1) is 0 Å². The maximum atomic E-state index is 13.1. The quantitative estimate of drug-likeness (QED) is 0.0243. The molecule has 488 valence electrons. The summed E-state index contributed by atoms with van der Waals surface area (Å²) in [5, 5.41) is 14.2. The number of rotatable bonds is 69. The van der Waals surface area contributed by atoms with E-state index in [1.165, 1.54) is 315 Å². The van der Waals surface area contributed by atoms with E-state index in [2.05, 4.69) is 43.5 Å². The molecule has 8 nitrogen and oxygen atoms in total. The fourth-order valence-electron chi connectivity index (χ4n) is 11.5. The first kappa shape index (κ1) is 81.0. The number of phosphoric acid groups is 1. The minimum atomic E-state index is -4.33. The molecule has 82 heavy (non-hydrogen) atoms. The lowest BCUT2D eigenvalue weighted by Gasteiger charge is -2.26. The van der Waals surface area contributed by atoms with Crippen molar-refractivity contribution < 1.29 is 32.9 Å². The molecule has 0 spiro atoms. The summed E-state index contributed by atoms with van der Waals surface area (Å²) in [7, 11) is 1.64. The maximum absolute atomic E-state index is 13.1. The van der Waals surface area contributed by atoms with Crippen LogP contribution in [0.25, 0.3) is 0 Å². The lowest BCUT2D eigenvalue weighted by molar-refractivity contribution is -0.870. The van der Waals surface area contributed by atoms with Gasteiger partial charge in [0.25, 0.3) is 0 Å². The van der Waals surface area contributed by atoms with Crippen LogP contribution in [0, 0.1) is 0 Å². The molecular formula is C73H146N2O6P+. The molecule has 0 fully saturated rings. The molecule has 3 atom stereocenters. The molecule has 0 radical (unpaired) electrons. The first-order chi connectivity index (χ1) is 40.0. The van der Waals surface area contributed by atoms with E-state index in [0.29, 0.717) is 23.9 Å². The molecule has 0 rings (SSSR count). The van der Waals surface area contributed by atoms with Crippen LogP contribution in [0.15, 0.2) is 24.3 Å².